The predicted octanol–water partition coefficient (Wildman–Crippen LogP) is 5.96. The average Bonchev–Trinajstić information content (AvgIpc) is 2.47. The van der Waals surface area contributed by atoms with Gasteiger partial charge in [0.15, 0.2) is 0 Å². The van der Waals surface area contributed by atoms with Gasteiger partial charge in [0.25, 0.3) is 0 Å². The predicted molar refractivity (Wildman–Crippen MR) is 91.0 cm³/mol. The topological polar surface area (TPSA) is 20.2 Å². The number of allylic oxidation sites excluding steroid dienone is 5. The number of hydrogen-bond donors (Lipinski definition) is 1. The van der Waals surface area contributed by atoms with E-state index in [2.05, 4.69) is 37.3 Å². The van der Waals surface area contributed by atoms with Crippen LogP contribution in [-0.4, -0.2) is 11.7 Å². The van der Waals surface area contributed by atoms with Crippen molar-refractivity contribution < 1.29 is 5.11 Å². The highest BCUT2D eigenvalue weighted by molar-refractivity contribution is 4.97. The molecule has 0 aromatic carbocycles. The summed E-state index contributed by atoms with van der Waals surface area (Å²) in [6.07, 6.45) is 26.9. The average molecular weight is 278 g/mol. The van der Waals surface area contributed by atoms with E-state index in [1.807, 2.05) is 6.08 Å². The molecule has 1 heteroatoms. The summed E-state index contributed by atoms with van der Waals surface area (Å²) < 4.78 is 0. The van der Waals surface area contributed by atoms with Crippen LogP contribution in [0.25, 0.3) is 0 Å². The molecule has 0 saturated carbocycles. The molecule has 0 rings (SSSR count). The molecule has 0 aromatic heterocycles. The van der Waals surface area contributed by atoms with E-state index in [0.717, 1.165) is 19.3 Å². The van der Waals surface area contributed by atoms with Gasteiger partial charge in [0.05, 0.1) is 0 Å². The fourth-order valence-corrected chi connectivity index (χ4v) is 2.07. The third-order valence-electron chi connectivity index (χ3n) is 3.31. The molecule has 20 heavy (non-hydrogen) atoms. The lowest BCUT2D eigenvalue weighted by atomic mass is 10.1. The van der Waals surface area contributed by atoms with Gasteiger partial charge < -0.3 is 5.11 Å². The minimum absolute atomic E-state index is 0.252. The highest BCUT2D eigenvalue weighted by atomic mass is 16.2. The summed E-state index contributed by atoms with van der Waals surface area (Å²) in [4.78, 5) is 0. The Bertz CT molecular complexity index is 250. The summed E-state index contributed by atoms with van der Waals surface area (Å²) in [5.41, 5.74) is 0. The summed E-state index contributed by atoms with van der Waals surface area (Å²) in [7, 11) is 0. The smallest absolute Gasteiger partial charge is 0.0465 e. The molecule has 0 saturated heterocycles. The van der Waals surface area contributed by atoms with Gasteiger partial charge in [-0.2, -0.15) is 0 Å². The van der Waals surface area contributed by atoms with Crippen LogP contribution in [0.15, 0.2) is 36.5 Å². The molecule has 0 heterocycles. The van der Waals surface area contributed by atoms with Crippen LogP contribution in [0, 0.1) is 0 Å². The molecular weight excluding hydrogens is 244 g/mol. The van der Waals surface area contributed by atoms with Crippen molar-refractivity contribution in [2.45, 2.75) is 77.6 Å². The first-order chi connectivity index (χ1) is 9.91. The maximum atomic E-state index is 8.60. The van der Waals surface area contributed by atoms with Crippen molar-refractivity contribution in [1.29, 1.82) is 0 Å². The van der Waals surface area contributed by atoms with Crippen LogP contribution in [-0.2, 0) is 0 Å². The number of unbranched alkanes of at least 4 members (excludes halogenated alkanes) is 7. The zero-order valence-electron chi connectivity index (χ0n) is 13.4. The highest BCUT2D eigenvalue weighted by Crippen LogP contribution is 2.08. The number of aliphatic hydroxyl groups excluding tert-OH is 1. The fraction of sp³-hybridized carbons (Fsp3) is 0.684. The third-order valence-corrected chi connectivity index (χ3v) is 3.31. The Morgan fingerprint density at radius 2 is 1.10 bits per heavy atom. The van der Waals surface area contributed by atoms with E-state index in [4.69, 9.17) is 5.11 Å². The van der Waals surface area contributed by atoms with Crippen molar-refractivity contribution in [2.24, 2.45) is 0 Å². The largest absolute Gasteiger partial charge is 0.396 e. The fourth-order valence-electron chi connectivity index (χ4n) is 2.07. The van der Waals surface area contributed by atoms with Gasteiger partial charge in [-0.1, -0.05) is 81.9 Å². The normalized spacial score (nSPS) is 12.3. The van der Waals surface area contributed by atoms with Crippen LogP contribution in [0.4, 0.5) is 0 Å². The van der Waals surface area contributed by atoms with Gasteiger partial charge in [0.2, 0.25) is 0 Å². The summed E-state index contributed by atoms with van der Waals surface area (Å²) in [5, 5.41) is 8.60. The van der Waals surface area contributed by atoms with E-state index in [9.17, 15) is 0 Å². The molecular formula is C19H34O. The van der Waals surface area contributed by atoms with Crippen LogP contribution in [0.2, 0.25) is 0 Å². The summed E-state index contributed by atoms with van der Waals surface area (Å²) in [5.74, 6) is 0. The molecule has 0 aromatic rings. The van der Waals surface area contributed by atoms with E-state index in [1.165, 1.54) is 51.4 Å². The van der Waals surface area contributed by atoms with E-state index in [1.54, 1.807) is 0 Å². The van der Waals surface area contributed by atoms with Crippen LogP contribution in [0.1, 0.15) is 77.6 Å². The van der Waals surface area contributed by atoms with Crippen molar-refractivity contribution >= 4 is 0 Å². The van der Waals surface area contributed by atoms with Crippen molar-refractivity contribution in [3.05, 3.63) is 36.5 Å². The molecule has 0 radical (unpaired) electrons. The van der Waals surface area contributed by atoms with Gasteiger partial charge >= 0.3 is 0 Å². The summed E-state index contributed by atoms with van der Waals surface area (Å²) >= 11 is 0. The second-order valence-corrected chi connectivity index (χ2v) is 5.31. The Morgan fingerprint density at radius 1 is 0.600 bits per heavy atom. The summed E-state index contributed by atoms with van der Waals surface area (Å²) in [6.45, 7) is 2.52. The molecule has 0 unspecified atom stereocenters. The lowest BCUT2D eigenvalue weighted by molar-refractivity contribution is 0.302. The lowest BCUT2D eigenvalue weighted by Gasteiger charge is -1.98. The molecule has 116 valence electrons. The zero-order valence-corrected chi connectivity index (χ0v) is 13.4. The monoisotopic (exact) mass is 278 g/mol. The van der Waals surface area contributed by atoms with Crippen molar-refractivity contribution in [2.75, 3.05) is 6.61 Å². The molecule has 0 aliphatic carbocycles. The lowest BCUT2D eigenvalue weighted by Crippen LogP contribution is -1.78. The Balaban J connectivity index is 3.21. The molecule has 0 amide bonds. The molecule has 0 aliphatic heterocycles. The van der Waals surface area contributed by atoms with E-state index < -0.39 is 0 Å². The quantitative estimate of drug-likeness (QED) is 0.307. The Kier molecular flexibility index (Phi) is 17.4. The van der Waals surface area contributed by atoms with Crippen molar-refractivity contribution in [3.63, 3.8) is 0 Å². The second kappa shape index (κ2) is 18.2. The number of hydrogen-bond acceptors (Lipinski definition) is 1. The third kappa shape index (κ3) is 17.2. The first-order valence-corrected chi connectivity index (χ1v) is 8.47. The van der Waals surface area contributed by atoms with Gasteiger partial charge in [0, 0.05) is 6.61 Å². The first kappa shape index (κ1) is 19.2. The van der Waals surface area contributed by atoms with Gasteiger partial charge in [-0.3, -0.25) is 0 Å². The Hall–Kier alpha value is -0.820. The highest BCUT2D eigenvalue weighted by Gasteiger charge is 1.88. The van der Waals surface area contributed by atoms with Gasteiger partial charge in [-0.05, 0) is 32.1 Å². The second-order valence-electron chi connectivity index (χ2n) is 5.31. The minimum Gasteiger partial charge on any atom is -0.396 e. The van der Waals surface area contributed by atoms with Crippen LogP contribution >= 0.6 is 0 Å². The molecule has 0 spiro atoms. The molecule has 0 fully saturated rings. The van der Waals surface area contributed by atoms with Crippen molar-refractivity contribution in [3.8, 4) is 0 Å². The number of aliphatic hydroxyl groups is 1. The molecule has 0 atom stereocenters. The van der Waals surface area contributed by atoms with Crippen LogP contribution in [0.5, 0.6) is 0 Å². The van der Waals surface area contributed by atoms with E-state index in [0.29, 0.717) is 0 Å². The molecule has 0 aliphatic rings. The van der Waals surface area contributed by atoms with Crippen LogP contribution < -0.4 is 0 Å². The summed E-state index contributed by atoms with van der Waals surface area (Å²) in [6, 6.07) is 0. The first-order valence-electron chi connectivity index (χ1n) is 8.47. The van der Waals surface area contributed by atoms with E-state index >= 15 is 0 Å². The van der Waals surface area contributed by atoms with Crippen molar-refractivity contribution in [1.82, 2.24) is 0 Å². The van der Waals surface area contributed by atoms with Gasteiger partial charge in [-0.25, -0.2) is 0 Å². The Labute approximate surface area is 126 Å². The Morgan fingerprint density at radius 3 is 1.70 bits per heavy atom. The zero-order chi connectivity index (χ0) is 14.7. The van der Waals surface area contributed by atoms with E-state index in [-0.39, 0.29) is 6.61 Å². The molecule has 1 nitrogen and oxygen atoms in total. The number of rotatable bonds is 14. The molecule has 0 bridgehead atoms. The standard InChI is InChI=1S/C19H34O/c1-2-3-4-5-6-7-8-9-10-11-12-13-14-15-16-17-18-19-20/h10-11,13-14,16-17,20H,2-9,12,15,18-19H2,1H3/b11-10-,14-13-,17-16-. The van der Waals surface area contributed by atoms with Crippen LogP contribution in [0.3, 0.4) is 0 Å². The molecule has 1 N–H and O–H groups in total. The maximum Gasteiger partial charge on any atom is 0.0465 e. The van der Waals surface area contributed by atoms with Gasteiger partial charge in [0.1, 0.15) is 0 Å². The minimum atomic E-state index is 0.252. The van der Waals surface area contributed by atoms with Gasteiger partial charge in [-0.15, -0.1) is 0 Å². The SMILES string of the molecule is CCCCCCCCC/C=C\C/C=C\C/C=C\CCO. The maximum absolute atomic E-state index is 8.60.